The molecule has 0 aliphatic heterocycles. The number of imidazole rings is 1. The Balaban J connectivity index is 2.46. The molecule has 2 aromatic rings. The van der Waals surface area contributed by atoms with Crippen molar-refractivity contribution >= 4 is 11.4 Å². The third-order valence-electron chi connectivity index (χ3n) is 2.50. The third kappa shape index (κ3) is 2.20. The second-order valence-electron chi connectivity index (χ2n) is 4.15. The van der Waals surface area contributed by atoms with Crippen molar-refractivity contribution in [3.8, 4) is 0 Å². The minimum atomic E-state index is -0.0412. The SMILES string of the molecule is Cc1cccc2ncc(C(=O)/C=C/N(C)C)n12. The van der Waals surface area contributed by atoms with Crippen molar-refractivity contribution in [3.63, 3.8) is 0 Å². The van der Waals surface area contributed by atoms with E-state index in [1.807, 2.05) is 48.5 Å². The highest BCUT2D eigenvalue weighted by Crippen LogP contribution is 2.11. The third-order valence-corrected chi connectivity index (χ3v) is 2.50. The molecule has 0 saturated carbocycles. The van der Waals surface area contributed by atoms with Gasteiger partial charge in [0.15, 0.2) is 0 Å². The zero-order valence-electron chi connectivity index (χ0n) is 10.2. The highest BCUT2D eigenvalue weighted by Gasteiger charge is 2.10. The number of allylic oxidation sites excluding steroid dienone is 1. The number of aryl methyl sites for hydroxylation is 1. The maximum Gasteiger partial charge on any atom is 0.205 e. The fraction of sp³-hybridized carbons (Fsp3) is 0.231. The fourth-order valence-electron chi connectivity index (χ4n) is 1.68. The van der Waals surface area contributed by atoms with Crippen LogP contribution in [0.25, 0.3) is 5.65 Å². The van der Waals surface area contributed by atoms with Crippen LogP contribution in [-0.4, -0.2) is 34.2 Å². The van der Waals surface area contributed by atoms with Gasteiger partial charge in [0.2, 0.25) is 5.78 Å². The van der Waals surface area contributed by atoms with Crippen LogP contribution in [0.3, 0.4) is 0 Å². The summed E-state index contributed by atoms with van der Waals surface area (Å²) in [4.78, 5) is 18.1. The van der Waals surface area contributed by atoms with Gasteiger partial charge in [-0.15, -0.1) is 0 Å². The van der Waals surface area contributed by atoms with Crippen molar-refractivity contribution in [1.29, 1.82) is 0 Å². The van der Waals surface area contributed by atoms with Crippen LogP contribution in [0.2, 0.25) is 0 Å². The molecular weight excluding hydrogens is 214 g/mol. The average Bonchev–Trinajstić information content (AvgIpc) is 2.71. The lowest BCUT2D eigenvalue weighted by atomic mass is 10.2. The quantitative estimate of drug-likeness (QED) is 0.596. The molecule has 0 bridgehead atoms. The van der Waals surface area contributed by atoms with Gasteiger partial charge in [0, 0.05) is 32.1 Å². The van der Waals surface area contributed by atoms with Crippen molar-refractivity contribution in [3.05, 3.63) is 48.1 Å². The lowest BCUT2D eigenvalue weighted by Crippen LogP contribution is -2.06. The van der Waals surface area contributed by atoms with E-state index in [0.717, 1.165) is 11.3 Å². The van der Waals surface area contributed by atoms with Crippen LogP contribution in [0.15, 0.2) is 36.7 Å². The highest BCUT2D eigenvalue weighted by molar-refractivity contribution is 6.03. The van der Waals surface area contributed by atoms with Crippen molar-refractivity contribution in [2.45, 2.75) is 6.92 Å². The number of carbonyl (C=O) groups is 1. The molecule has 0 N–H and O–H groups in total. The molecule has 0 aromatic carbocycles. The molecule has 17 heavy (non-hydrogen) atoms. The van der Waals surface area contributed by atoms with Crippen LogP contribution < -0.4 is 0 Å². The fourth-order valence-corrected chi connectivity index (χ4v) is 1.68. The van der Waals surface area contributed by atoms with Gasteiger partial charge in [0.05, 0.1) is 6.20 Å². The zero-order valence-corrected chi connectivity index (χ0v) is 10.2. The number of fused-ring (bicyclic) bond motifs is 1. The molecule has 0 unspecified atom stereocenters. The molecule has 0 fully saturated rings. The number of aromatic nitrogens is 2. The smallest absolute Gasteiger partial charge is 0.205 e. The van der Waals surface area contributed by atoms with Crippen molar-refractivity contribution < 1.29 is 4.79 Å². The topological polar surface area (TPSA) is 37.6 Å². The predicted octanol–water partition coefficient (Wildman–Crippen LogP) is 1.90. The zero-order chi connectivity index (χ0) is 12.4. The monoisotopic (exact) mass is 229 g/mol. The van der Waals surface area contributed by atoms with Crippen LogP contribution in [0.5, 0.6) is 0 Å². The normalized spacial score (nSPS) is 11.2. The van der Waals surface area contributed by atoms with Crippen LogP contribution in [-0.2, 0) is 0 Å². The molecule has 2 rings (SSSR count). The Kier molecular flexibility index (Phi) is 2.95. The molecule has 0 radical (unpaired) electrons. The molecule has 0 spiro atoms. The van der Waals surface area contributed by atoms with Gasteiger partial charge in [-0.3, -0.25) is 9.20 Å². The van der Waals surface area contributed by atoms with E-state index in [0.29, 0.717) is 5.69 Å². The van der Waals surface area contributed by atoms with E-state index in [1.165, 1.54) is 0 Å². The van der Waals surface area contributed by atoms with E-state index < -0.39 is 0 Å². The lowest BCUT2D eigenvalue weighted by molar-refractivity contribution is 0.104. The highest BCUT2D eigenvalue weighted by atomic mass is 16.1. The van der Waals surface area contributed by atoms with E-state index in [9.17, 15) is 4.79 Å². The van der Waals surface area contributed by atoms with Gasteiger partial charge in [0.25, 0.3) is 0 Å². The number of hydrogen-bond donors (Lipinski definition) is 0. The Morgan fingerprint density at radius 2 is 2.18 bits per heavy atom. The molecule has 4 heteroatoms. The molecular formula is C13H15N3O. The summed E-state index contributed by atoms with van der Waals surface area (Å²) >= 11 is 0. The number of rotatable bonds is 3. The van der Waals surface area contributed by atoms with Gasteiger partial charge in [-0.05, 0) is 19.1 Å². The number of carbonyl (C=O) groups excluding carboxylic acids is 1. The first-order valence-corrected chi connectivity index (χ1v) is 5.41. The van der Waals surface area contributed by atoms with Crippen LogP contribution in [0.4, 0.5) is 0 Å². The number of hydrogen-bond acceptors (Lipinski definition) is 3. The van der Waals surface area contributed by atoms with E-state index in [2.05, 4.69) is 4.98 Å². The molecule has 88 valence electrons. The minimum Gasteiger partial charge on any atom is -0.383 e. The molecule has 4 nitrogen and oxygen atoms in total. The summed E-state index contributed by atoms with van der Waals surface area (Å²) in [6.45, 7) is 1.96. The molecule has 0 amide bonds. The maximum atomic E-state index is 12.0. The number of ketones is 1. The van der Waals surface area contributed by atoms with Crippen molar-refractivity contribution in [2.75, 3.05) is 14.1 Å². The Morgan fingerprint density at radius 1 is 1.41 bits per heavy atom. The Bertz CT molecular complexity index is 581. The summed E-state index contributed by atoms with van der Waals surface area (Å²) in [5.41, 5.74) is 2.39. The van der Waals surface area contributed by atoms with Gasteiger partial charge >= 0.3 is 0 Å². The van der Waals surface area contributed by atoms with Crippen LogP contribution in [0, 0.1) is 6.92 Å². The largest absolute Gasteiger partial charge is 0.383 e. The molecule has 2 heterocycles. The first-order valence-electron chi connectivity index (χ1n) is 5.41. The molecule has 0 saturated heterocycles. The van der Waals surface area contributed by atoms with Crippen LogP contribution in [0.1, 0.15) is 16.2 Å². The standard InChI is InChI=1S/C13H15N3O/c1-10-5-4-6-13-14-9-11(16(10)13)12(17)7-8-15(2)3/h4-9H,1-3H3/b8-7+. The average molecular weight is 229 g/mol. The summed E-state index contributed by atoms with van der Waals surface area (Å²) in [5.74, 6) is -0.0412. The van der Waals surface area contributed by atoms with Crippen molar-refractivity contribution in [2.24, 2.45) is 0 Å². The predicted molar refractivity (Wildman–Crippen MR) is 67.1 cm³/mol. The number of nitrogens with zero attached hydrogens (tertiary/aromatic N) is 3. The van der Waals surface area contributed by atoms with Crippen molar-refractivity contribution in [1.82, 2.24) is 14.3 Å². The molecule has 0 aliphatic rings. The van der Waals surface area contributed by atoms with E-state index in [1.54, 1.807) is 18.5 Å². The maximum absolute atomic E-state index is 12.0. The van der Waals surface area contributed by atoms with E-state index in [4.69, 9.17) is 0 Å². The second-order valence-corrected chi connectivity index (χ2v) is 4.15. The minimum absolute atomic E-state index is 0.0412. The first kappa shape index (κ1) is 11.4. The molecule has 0 aliphatic carbocycles. The summed E-state index contributed by atoms with van der Waals surface area (Å²) in [6.07, 6.45) is 4.90. The summed E-state index contributed by atoms with van der Waals surface area (Å²) < 4.78 is 1.86. The van der Waals surface area contributed by atoms with Gasteiger partial charge in [-0.25, -0.2) is 4.98 Å². The van der Waals surface area contributed by atoms with Crippen LogP contribution >= 0.6 is 0 Å². The Hall–Kier alpha value is -2.10. The van der Waals surface area contributed by atoms with Gasteiger partial charge in [0.1, 0.15) is 11.3 Å². The summed E-state index contributed by atoms with van der Waals surface area (Å²) in [6, 6.07) is 5.78. The number of pyridine rings is 1. The molecule has 0 atom stereocenters. The van der Waals surface area contributed by atoms with E-state index >= 15 is 0 Å². The Labute approximate surface area is 100 Å². The van der Waals surface area contributed by atoms with Gasteiger partial charge in [-0.2, -0.15) is 0 Å². The van der Waals surface area contributed by atoms with E-state index in [-0.39, 0.29) is 5.78 Å². The molecule has 2 aromatic heterocycles. The van der Waals surface area contributed by atoms with Gasteiger partial charge < -0.3 is 4.90 Å². The Morgan fingerprint density at radius 3 is 2.88 bits per heavy atom. The summed E-state index contributed by atoms with van der Waals surface area (Å²) in [7, 11) is 3.76. The lowest BCUT2D eigenvalue weighted by Gasteiger charge is -2.04. The second kappa shape index (κ2) is 4.41. The first-order chi connectivity index (χ1) is 8.09. The summed E-state index contributed by atoms with van der Waals surface area (Å²) in [5, 5.41) is 0. The van der Waals surface area contributed by atoms with Gasteiger partial charge in [-0.1, -0.05) is 6.07 Å².